The van der Waals surface area contributed by atoms with Crippen LogP contribution in [0.15, 0.2) is 24.3 Å². The molecular weight excluding hydrogens is 345 g/mol. The van der Waals surface area contributed by atoms with E-state index in [1.54, 1.807) is 17.0 Å². The highest BCUT2D eigenvalue weighted by Crippen LogP contribution is 2.30. The summed E-state index contributed by atoms with van der Waals surface area (Å²) < 4.78 is 13.8. The van der Waals surface area contributed by atoms with Gasteiger partial charge in [-0.3, -0.25) is 9.59 Å². The van der Waals surface area contributed by atoms with Crippen molar-refractivity contribution >= 4 is 11.8 Å². The van der Waals surface area contributed by atoms with E-state index in [9.17, 15) is 14.0 Å². The molecule has 1 aromatic carbocycles. The monoisotopic (exact) mass is 373 g/mol. The van der Waals surface area contributed by atoms with E-state index in [4.69, 9.17) is 0 Å². The lowest BCUT2D eigenvalue weighted by Crippen LogP contribution is -2.61. The van der Waals surface area contributed by atoms with E-state index in [0.717, 1.165) is 19.3 Å². The molecule has 5 nitrogen and oxygen atoms in total. The molecule has 2 amide bonds. The number of amides is 2. The van der Waals surface area contributed by atoms with Crippen LogP contribution in [0.4, 0.5) is 4.39 Å². The van der Waals surface area contributed by atoms with E-state index in [-0.39, 0.29) is 29.7 Å². The summed E-state index contributed by atoms with van der Waals surface area (Å²) >= 11 is 0. The number of hydrogen-bond donors (Lipinski definition) is 2. The van der Waals surface area contributed by atoms with Gasteiger partial charge in [0.1, 0.15) is 17.9 Å². The highest BCUT2D eigenvalue weighted by Gasteiger charge is 2.46. The third-order valence-electron chi connectivity index (χ3n) is 6.33. The van der Waals surface area contributed by atoms with Crippen LogP contribution in [0, 0.1) is 11.7 Å². The molecular formula is C21H28FN3O2. The Morgan fingerprint density at radius 3 is 2.70 bits per heavy atom. The van der Waals surface area contributed by atoms with Crippen LogP contribution in [0.25, 0.3) is 0 Å². The molecule has 2 heterocycles. The molecule has 3 aliphatic rings. The molecule has 0 radical (unpaired) electrons. The Labute approximate surface area is 159 Å². The summed E-state index contributed by atoms with van der Waals surface area (Å²) in [5, 5.41) is 6.29. The van der Waals surface area contributed by atoms with E-state index < -0.39 is 6.04 Å². The zero-order chi connectivity index (χ0) is 18.8. The molecule has 1 saturated carbocycles. The largest absolute Gasteiger partial charge is 0.342 e. The zero-order valence-corrected chi connectivity index (χ0v) is 15.6. The molecule has 3 atom stereocenters. The minimum Gasteiger partial charge on any atom is -0.342 e. The molecule has 27 heavy (non-hydrogen) atoms. The van der Waals surface area contributed by atoms with Gasteiger partial charge in [-0.15, -0.1) is 0 Å². The van der Waals surface area contributed by atoms with Crippen molar-refractivity contribution in [3.05, 3.63) is 35.6 Å². The first-order chi connectivity index (χ1) is 13.1. The van der Waals surface area contributed by atoms with E-state index in [1.807, 2.05) is 6.07 Å². The second-order valence-electron chi connectivity index (χ2n) is 8.21. The number of benzene rings is 1. The van der Waals surface area contributed by atoms with Crippen LogP contribution in [0.3, 0.4) is 0 Å². The lowest BCUT2D eigenvalue weighted by Gasteiger charge is -2.36. The fourth-order valence-corrected chi connectivity index (χ4v) is 4.82. The molecule has 1 aliphatic carbocycles. The predicted octanol–water partition coefficient (Wildman–Crippen LogP) is 2.35. The average molecular weight is 373 g/mol. The predicted molar refractivity (Wildman–Crippen MR) is 100 cm³/mol. The van der Waals surface area contributed by atoms with Crippen LogP contribution in [-0.2, 0) is 16.1 Å². The van der Waals surface area contributed by atoms with Gasteiger partial charge in [0, 0.05) is 24.7 Å². The number of piperazine rings is 1. The molecule has 0 aromatic heterocycles. The van der Waals surface area contributed by atoms with Crippen LogP contribution < -0.4 is 10.6 Å². The summed E-state index contributed by atoms with van der Waals surface area (Å²) in [5.41, 5.74) is 0.605. The molecule has 0 spiro atoms. The Morgan fingerprint density at radius 2 is 1.93 bits per heavy atom. The molecule has 0 bridgehead atoms. The van der Waals surface area contributed by atoms with Crippen LogP contribution in [0.5, 0.6) is 0 Å². The van der Waals surface area contributed by atoms with E-state index >= 15 is 0 Å². The first-order valence-electron chi connectivity index (χ1n) is 10.2. The molecule has 2 N–H and O–H groups in total. The van der Waals surface area contributed by atoms with Crippen molar-refractivity contribution in [1.82, 2.24) is 15.5 Å². The van der Waals surface area contributed by atoms with Gasteiger partial charge >= 0.3 is 0 Å². The van der Waals surface area contributed by atoms with Crippen LogP contribution in [-0.4, -0.2) is 41.4 Å². The van der Waals surface area contributed by atoms with Gasteiger partial charge in [-0.25, -0.2) is 4.39 Å². The van der Waals surface area contributed by atoms with Gasteiger partial charge in [-0.05, 0) is 24.8 Å². The number of carbonyl (C=O) groups excluding carboxylic acids is 2. The van der Waals surface area contributed by atoms with Crippen LogP contribution in [0.1, 0.15) is 50.5 Å². The number of fused-ring (bicyclic) bond motifs is 1. The normalized spacial score (nSPS) is 28.9. The first kappa shape index (κ1) is 18.4. The molecule has 146 valence electrons. The molecule has 1 aromatic rings. The average Bonchev–Trinajstić information content (AvgIpc) is 3.11. The number of nitrogens with one attached hydrogen (secondary N) is 2. The molecule has 2 saturated heterocycles. The number of nitrogens with zero attached hydrogens (tertiary/aromatic N) is 1. The van der Waals surface area contributed by atoms with Crippen molar-refractivity contribution in [1.29, 1.82) is 0 Å². The SMILES string of the molecule is O=C1N[C@@H](CC2CCCCC2)C(=O)N2C[C@@H](NCc3ccccc3F)C[C@@H]12. The second-order valence-corrected chi connectivity index (χ2v) is 8.21. The number of rotatable bonds is 5. The molecule has 2 aliphatic heterocycles. The highest BCUT2D eigenvalue weighted by atomic mass is 19.1. The Kier molecular flexibility index (Phi) is 5.43. The number of hydrogen-bond acceptors (Lipinski definition) is 3. The molecule has 4 rings (SSSR count). The van der Waals surface area contributed by atoms with Crippen LogP contribution in [0.2, 0.25) is 0 Å². The fraction of sp³-hybridized carbons (Fsp3) is 0.619. The van der Waals surface area contributed by atoms with Crippen molar-refractivity contribution in [3.63, 3.8) is 0 Å². The van der Waals surface area contributed by atoms with Gasteiger partial charge in [0.15, 0.2) is 0 Å². The van der Waals surface area contributed by atoms with E-state index in [2.05, 4.69) is 10.6 Å². The molecule has 3 fully saturated rings. The van der Waals surface area contributed by atoms with Crippen molar-refractivity contribution in [2.24, 2.45) is 5.92 Å². The summed E-state index contributed by atoms with van der Waals surface area (Å²) in [5.74, 6) is 0.329. The smallest absolute Gasteiger partial charge is 0.245 e. The standard InChI is InChI=1S/C21H28FN3O2/c22-17-9-5-4-8-15(17)12-23-16-11-19-20(26)24-18(21(27)25(19)13-16)10-14-6-2-1-3-7-14/h4-5,8-9,14,16,18-19,23H,1-3,6-7,10-13H2,(H,24,26)/t16-,18-,19-/m0/s1. The third kappa shape index (κ3) is 4.00. The minimum absolute atomic E-state index is 0.0118. The lowest BCUT2D eigenvalue weighted by molar-refractivity contribution is -0.147. The Hall–Kier alpha value is -1.95. The van der Waals surface area contributed by atoms with Gasteiger partial charge in [-0.2, -0.15) is 0 Å². The third-order valence-corrected chi connectivity index (χ3v) is 6.33. The molecule has 6 heteroatoms. The first-order valence-corrected chi connectivity index (χ1v) is 10.2. The Morgan fingerprint density at radius 1 is 1.15 bits per heavy atom. The van der Waals surface area contributed by atoms with Gasteiger partial charge in [-0.1, -0.05) is 50.3 Å². The maximum atomic E-state index is 13.8. The number of halogens is 1. The summed E-state index contributed by atoms with van der Waals surface area (Å²) in [6.07, 6.45) is 7.42. The van der Waals surface area contributed by atoms with Gasteiger partial charge < -0.3 is 15.5 Å². The summed E-state index contributed by atoms with van der Waals surface area (Å²) in [6.45, 7) is 0.922. The lowest BCUT2D eigenvalue weighted by atomic mass is 9.84. The van der Waals surface area contributed by atoms with Crippen LogP contribution >= 0.6 is 0 Å². The highest BCUT2D eigenvalue weighted by molar-refractivity contribution is 5.97. The fourth-order valence-electron chi connectivity index (χ4n) is 4.82. The number of carbonyl (C=O) groups is 2. The van der Waals surface area contributed by atoms with Gasteiger partial charge in [0.05, 0.1) is 0 Å². The van der Waals surface area contributed by atoms with Gasteiger partial charge in [0.25, 0.3) is 0 Å². The summed E-state index contributed by atoms with van der Waals surface area (Å²) in [7, 11) is 0. The topological polar surface area (TPSA) is 61.4 Å². The minimum atomic E-state index is -0.391. The summed E-state index contributed by atoms with van der Waals surface area (Å²) in [4.78, 5) is 27.2. The van der Waals surface area contributed by atoms with Crippen molar-refractivity contribution < 1.29 is 14.0 Å². The van der Waals surface area contributed by atoms with Crippen molar-refractivity contribution in [3.8, 4) is 0 Å². The van der Waals surface area contributed by atoms with Crippen molar-refractivity contribution in [2.45, 2.75) is 69.6 Å². The Bertz CT molecular complexity index is 704. The zero-order valence-electron chi connectivity index (χ0n) is 15.6. The van der Waals surface area contributed by atoms with Crippen molar-refractivity contribution in [2.75, 3.05) is 6.54 Å². The van der Waals surface area contributed by atoms with E-state index in [1.165, 1.54) is 25.3 Å². The second kappa shape index (κ2) is 7.97. The maximum Gasteiger partial charge on any atom is 0.245 e. The molecule has 0 unspecified atom stereocenters. The maximum absolute atomic E-state index is 13.8. The van der Waals surface area contributed by atoms with E-state index in [0.29, 0.717) is 31.0 Å². The van der Waals surface area contributed by atoms with Gasteiger partial charge in [0.2, 0.25) is 11.8 Å². The Balaban J connectivity index is 1.35. The quantitative estimate of drug-likeness (QED) is 0.833. The summed E-state index contributed by atoms with van der Waals surface area (Å²) in [6, 6.07) is 5.93.